The van der Waals surface area contributed by atoms with Gasteiger partial charge < -0.3 is 0 Å². The molecule has 0 spiro atoms. The fraction of sp³-hybridized carbons (Fsp3) is 0.333. The Balaban J connectivity index is 2.66. The lowest BCUT2D eigenvalue weighted by Crippen LogP contribution is -2.28. The lowest BCUT2D eigenvalue weighted by atomic mass is 10.4. The Morgan fingerprint density at radius 3 is 2.00 bits per heavy atom. The Kier molecular flexibility index (Phi) is 1.33. The minimum atomic E-state index is -1.41. The summed E-state index contributed by atoms with van der Waals surface area (Å²) in [5, 5.41) is 7.89. The van der Waals surface area contributed by atoms with Crippen LogP contribution in [0.5, 0.6) is 0 Å². The number of amides is 2. The molecule has 6 nitrogen and oxygen atoms in total. The first-order valence-electron chi connectivity index (χ1n) is 2.15. The Hall–Kier alpha value is -1.14. The van der Waals surface area contributed by atoms with Gasteiger partial charge in [0.05, 0.1) is 0 Å². The number of hydrogen-bond donors (Lipinski definition) is 3. The van der Waals surface area contributed by atoms with Crippen molar-refractivity contribution >= 4 is 11.8 Å². The van der Waals surface area contributed by atoms with Crippen LogP contribution < -0.4 is 10.9 Å². The highest BCUT2D eigenvalue weighted by molar-refractivity contribution is 6.07. The van der Waals surface area contributed by atoms with Crippen LogP contribution in [0.4, 0.5) is 0 Å². The summed E-state index contributed by atoms with van der Waals surface area (Å²) in [4.78, 5) is 24.2. The molecule has 2 amide bonds. The standard InChI is InChI=1S/C3H4N2O4/c6-2-1(9-8)3(7)5-4-2/h1,8H,(H,4,6)(H,5,7). The van der Waals surface area contributed by atoms with Gasteiger partial charge in [-0.15, -0.1) is 0 Å². The van der Waals surface area contributed by atoms with E-state index in [1.807, 2.05) is 10.9 Å². The highest BCUT2D eigenvalue weighted by atomic mass is 17.1. The monoisotopic (exact) mass is 132 g/mol. The van der Waals surface area contributed by atoms with Crippen molar-refractivity contribution in [3.05, 3.63) is 0 Å². The van der Waals surface area contributed by atoms with Gasteiger partial charge in [0, 0.05) is 0 Å². The summed E-state index contributed by atoms with van der Waals surface area (Å²) in [7, 11) is 0. The van der Waals surface area contributed by atoms with E-state index in [0.717, 1.165) is 0 Å². The smallest absolute Gasteiger partial charge is 0.269 e. The third-order valence-corrected chi connectivity index (χ3v) is 0.891. The van der Waals surface area contributed by atoms with Crippen molar-refractivity contribution in [1.29, 1.82) is 0 Å². The van der Waals surface area contributed by atoms with Crippen LogP contribution in [0, 0.1) is 0 Å². The highest BCUT2D eigenvalue weighted by Crippen LogP contribution is 1.93. The van der Waals surface area contributed by atoms with Crippen molar-refractivity contribution in [3.8, 4) is 0 Å². The quantitative estimate of drug-likeness (QED) is 0.219. The Morgan fingerprint density at radius 1 is 1.33 bits per heavy atom. The Bertz CT molecular complexity index is 140. The van der Waals surface area contributed by atoms with E-state index in [4.69, 9.17) is 5.26 Å². The van der Waals surface area contributed by atoms with Crippen molar-refractivity contribution < 1.29 is 19.7 Å². The molecule has 0 bridgehead atoms. The van der Waals surface area contributed by atoms with Crippen LogP contribution in [0.3, 0.4) is 0 Å². The van der Waals surface area contributed by atoms with E-state index < -0.39 is 17.9 Å². The SMILES string of the molecule is O=C1NNC(=O)C1OO. The van der Waals surface area contributed by atoms with E-state index in [1.54, 1.807) is 0 Å². The average Bonchev–Trinajstić information content (AvgIpc) is 2.12. The van der Waals surface area contributed by atoms with Gasteiger partial charge in [0.25, 0.3) is 17.9 Å². The molecule has 1 aliphatic rings. The molecule has 50 valence electrons. The molecule has 0 atom stereocenters. The summed E-state index contributed by atoms with van der Waals surface area (Å²) >= 11 is 0. The normalized spacial score (nSPS) is 19.7. The van der Waals surface area contributed by atoms with Gasteiger partial charge in [-0.2, -0.15) is 0 Å². The van der Waals surface area contributed by atoms with Crippen molar-refractivity contribution in [1.82, 2.24) is 10.9 Å². The minimum Gasteiger partial charge on any atom is -0.269 e. The van der Waals surface area contributed by atoms with Crippen LogP contribution >= 0.6 is 0 Å². The van der Waals surface area contributed by atoms with E-state index >= 15 is 0 Å². The first kappa shape index (κ1) is 5.99. The van der Waals surface area contributed by atoms with E-state index in [-0.39, 0.29) is 0 Å². The second kappa shape index (κ2) is 2.00. The fourth-order valence-electron chi connectivity index (χ4n) is 0.469. The Labute approximate surface area is 49.7 Å². The zero-order valence-corrected chi connectivity index (χ0v) is 4.25. The lowest BCUT2D eigenvalue weighted by Gasteiger charge is -1.93. The van der Waals surface area contributed by atoms with Crippen LogP contribution in [0.25, 0.3) is 0 Å². The predicted molar refractivity (Wildman–Crippen MR) is 23.8 cm³/mol. The molecule has 0 aromatic heterocycles. The van der Waals surface area contributed by atoms with E-state index in [1.165, 1.54) is 0 Å². The summed E-state index contributed by atoms with van der Waals surface area (Å²) in [6.07, 6.45) is -1.41. The molecule has 0 unspecified atom stereocenters. The summed E-state index contributed by atoms with van der Waals surface area (Å²) < 4.78 is 0. The predicted octanol–water partition coefficient (Wildman–Crippen LogP) is -1.99. The molecule has 1 fully saturated rings. The number of hydrazine groups is 1. The van der Waals surface area contributed by atoms with E-state index in [0.29, 0.717) is 0 Å². The van der Waals surface area contributed by atoms with Gasteiger partial charge in [0.1, 0.15) is 0 Å². The number of hydrogen-bond acceptors (Lipinski definition) is 4. The molecule has 0 aromatic rings. The molecule has 0 aliphatic carbocycles. The minimum absolute atomic E-state index is 0.692. The molecular weight excluding hydrogens is 128 g/mol. The topological polar surface area (TPSA) is 87.7 Å². The molecule has 0 aromatic carbocycles. The lowest BCUT2D eigenvalue weighted by molar-refractivity contribution is -0.262. The maximum atomic E-state index is 10.3. The molecule has 1 aliphatic heterocycles. The molecular formula is C3H4N2O4. The zero-order valence-electron chi connectivity index (χ0n) is 4.25. The van der Waals surface area contributed by atoms with Crippen molar-refractivity contribution in [2.75, 3.05) is 0 Å². The molecule has 3 N–H and O–H groups in total. The highest BCUT2D eigenvalue weighted by Gasteiger charge is 2.34. The third-order valence-electron chi connectivity index (χ3n) is 0.891. The molecule has 1 saturated heterocycles. The summed E-state index contributed by atoms with van der Waals surface area (Å²) in [6.45, 7) is 0. The summed E-state index contributed by atoms with van der Waals surface area (Å²) in [6, 6.07) is 0. The molecule has 0 radical (unpaired) electrons. The van der Waals surface area contributed by atoms with Gasteiger partial charge >= 0.3 is 0 Å². The first-order chi connectivity index (χ1) is 4.25. The maximum Gasteiger partial charge on any atom is 0.280 e. The second-order valence-corrected chi connectivity index (χ2v) is 1.46. The molecule has 1 rings (SSSR count). The first-order valence-corrected chi connectivity index (χ1v) is 2.15. The largest absolute Gasteiger partial charge is 0.280 e. The summed E-state index contributed by atoms with van der Waals surface area (Å²) in [5.41, 5.74) is 3.89. The average molecular weight is 132 g/mol. The van der Waals surface area contributed by atoms with Gasteiger partial charge in [-0.3, -0.25) is 25.7 Å². The molecule has 6 heteroatoms. The van der Waals surface area contributed by atoms with Crippen LogP contribution in [0.1, 0.15) is 0 Å². The van der Waals surface area contributed by atoms with Crippen molar-refractivity contribution in [2.45, 2.75) is 6.10 Å². The third kappa shape index (κ3) is 0.843. The number of rotatable bonds is 1. The zero-order chi connectivity index (χ0) is 6.85. The van der Waals surface area contributed by atoms with Crippen molar-refractivity contribution in [3.63, 3.8) is 0 Å². The van der Waals surface area contributed by atoms with Crippen LogP contribution in [0.2, 0.25) is 0 Å². The summed E-state index contributed by atoms with van der Waals surface area (Å²) in [5.74, 6) is -1.38. The number of nitrogens with one attached hydrogen (secondary N) is 2. The van der Waals surface area contributed by atoms with Gasteiger partial charge in [0.15, 0.2) is 0 Å². The van der Waals surface area contributed by atoms with Crippen LogP contribution in [-0.2, 0) is 14.5 Å². The van der Waals surface area contributed by atoms with Gasteiger partial charge in [0.2, 0.25) is 0 Å². The second-order valence-electron chi connectivity index (χ2n) is 1.46. The van der Waals surface area contributed by atoms with E-state index in [2.05, 4.69) is 4.89 Å². The van der Waals surface area contributed by atoms with E-state index in [9.17, 15) is 9.59 Å². The van der Waals surface area contributed by atoms with Crippen LogP contribution in [-0.4, -0.2) is 23.2 Å². The van der Waals surface area contributed by atoms with Crippen LogP contribution in [0.15, 0.2) is 0 Å². The molecule has 0 saturated carbocycles. The van der Waals surface area contributed by atoms with Gasteiger partial charge in [-0.05, 0) is 0 Å². The van der Waals surface area contributed by atoms with Crippen molar-refractivity contribution in [2.24, 2.45) is 0 Å². The van der Waals surface area contributed by atoms with Gasteiger partial charge in [-0.25, -0.2) is 4.89 Å². The molecule has 1 heterocycles. The number of carbonyl (C=O) groups excluding carboxylic acids is 2. The Morgan fingerprint density at radius 2 is 1.78 bits per heavy atom. The van der Waals surface area contributed by atoms with Gasteiger partial charge in [-0.1, -0.05) is 0 Å². The molecule has 9 heavy (non-hydrogen) atoms. The fourth-order valence-corrected chi connectivity index (χ4v) is 0.469. The number of carbonyl (C=O) groups is 2. The maximum absolute atomic E-state index is 10.3.